The van der Waals surface area contributed by atoms with Crippen LogP contribution in [0.2, 0.25) is 0 Å². The Bertz CT molecular complexity index is 732. The van der Waals surface area contributed by atoms with Crippen molar-refractivity contribution in [3.05, 3.63) is 28.7 Å². The molecule has 2 aliphatic rings. The Hall–Kier alpha value is -1.61. The van der Waals surface area contributed by atoms with E-state index in [-0.39, 0.29) is 5.91 Å². The smallest absolute Gasteiger partial charge is 0.266 e. The van der Waals surface area contributed by atoms with Gasteiger partial charge < -0.3 is 14.2 Å². The van der Waals surface area contributed by atoms with Crippen molar-refractivity contribution in [2.24, 2.45) is 0 Å². The van der Waals surface area contributed by atoms with Crippen LogP contribution in [-0.4, -0.2) is 73.6 Å². The zero-order chi connectivity index (χ0) is 19.2. The highest BCUT2D eigenvalue weighted by molar-refractivity contribution is 8.26. The lowest BCUT2D eigenvalue weighted by molar-refractivity contribution is -0.122. The molecule has 8 heteroatoms. The van der Waals surface area contributed by atoms with E-state index in [1.54, 1.807) is 25.2 Å². The quantitative estimate of drug-likeness (QED) is 0.508. The Morgan fingerprint density at radius 3 is 2.70 bits per heavy atom. The number of ether oxygens (including phenoxy) is 3. The maximum atomic E-state index is 12.8. The van der Waals surface area contributed by atoms with Crippen LogP contribution >= 0.6 is 24.0 Å². The number of nitrogens with zero attached hydrogens (tertiary/aromatic N) is 2. The summed E-state index contributed by atoms with van der Waals surface area (Å²) < 4.78 is 16.6. The van der Waals surface area contributed by atoms with E-state index in [0.717, 1.165) is 44.8 Å². The van der Waals surface area contributed by atoms with E-state index in [0.29, 0.717) is 27.3 Å². The van der Waals surface area contributed by atoms with Crippen molar-refractivity contribution >= 4 is 40.3 Å². The second-order valence-corrected chi connectivity index (χ2v) is 7.92. The Kier molecular flexibility index (Phi) is 7.12. The van der Waals surface area contributed by atoms with E-state index in [4.69, 9.17) is 26.4 Å². The first-order valence-electron chi connectivity index (χ1n) is 8.90. The van der Waals surface area contributed by atoms with Gasteiger partial charge in [-0.1, -0.05) is 24.0 Å². The number of thioether (sulfide) groups is 1. The number of amides is 1. The molecule has 2 heterocycles. The predicted octanol–water partition coefficient (Wildman–Crippen LogP) is 2.63. The first-order valence-corrected chi connectivity index (χ1v) is 10.1. The van der Waals surface area contributed by atoms with Gasteiger partial charge in [-0.25, -0.2) is 0 Å². The lowest BCUT2D eigenvalue weighted by Crippen LogP contribution is -2.38. The molecule has 0 spiro atoms. The largest absolute Gasteiger partial charge is 0.497 e. The summed E-state index contributed by atoms with van der Waals surface area (Å²) in [6, 6.07) is 5.52. The molecule has 0 aliphatic carbocycles. The second kappa shape index (κ2) is 9.54. The molecule has 2 saturated heterocycles. The van der Waals surface area contributed by atoms with Gasteiger partial charge in [-0.15, -0.1) is 0 Å². The molecule has 1 aromatic rings. The number of hydrogen-bond acceptors (Lipinski definition) is 7. The van der Waals surface area contributed by atoms with Gasteiger partial charge in [0.25, 0.3) is 5.91 Å². The summed E-state index contributed by atoms with van der Waals surface area (Å²) in [6.07, 6.45) is 2.73. The van der Waals surface area contributed by atoms with Crippen molar-refractivity contribution in [1.82, 2.24) is 9.80 Å². The molecule has 1 aromatic carbocycles. The molecule has 0 atom stereocenters. The molecule has 3 rings (SSSR count). The van der Waals surface area contributed by atoms with E-state index in [9.17, 15) is 4.79 Å². The molecular weight excluding hydrogens is 384 g/mol. The van der Waals surface area contributed by atoms with Crippen LogP contribution in [0.25, 0.3) is 6.08 Å². The summed E-state index contributed by atoms with van der Waals surface area (Å²) in [5.41, 5.74) is 0.826. The Labute approximate surface area is 169 Å². The van der Waals surface area contributed by atoms with Gasteiger partial charge in [0, 0.05) is 37.8 Å². The third kappa shape index (κ3) is 5.01. The van der Waals surface area contributed by atoms with Gasteiger partial charge in [-0.3, -0.25) is 14.6 Å². The lowest BCUT2D eigenvalue weighted by atomic mass is 10.1. The topological polar surface area (TPSA) is 51.2 Å². The summed E-state index contributed by atoms with van der Waals surface area (Å²) in [5, 5.41) is 0. The van der Waals surface area contributed by atoms with Gasteiger partial charge in [-0.2, -0.15) is 0 Å². The molecular formula is C19H24N2O4S2. The number of benzene rings is 1. The fourth-order valence-corrected chi connectivity index (χ4v) is 4.35. The van der Waals surface area contributed by atoms with Crippen LogP contribution in [0.1, 0.15) is 12.0 Å². The predicted molar refractivity (Wildman–Crippen MR) is 111 cm³/mol. The highest BCUT2D eigenvalue weighted by atomic mass is 32.2. The van der Waals surface area contributed by atoms with E-state index < -0.39 is 0 Å². The first kappa shape index (κ1) is 20.1. The fourth-order valence-electron chi connectivity index (χ4n) is 3.05. The van der Waals surface area contributed by atoms with Gasteiger partial charge in [0.15, 0.2) is 0 Å². The van der Waals surface area contributed by atoms with E-state index in [1.165, 1.54) is 11.8 Å². The summed E-state index contributed by atoms with van der Waals surface area (Å²) >= 11 is 6.76. The zero-order valence-electron chi connectivity index (χ0n) is 15.6. The van der Waals surface area contributed by atoms with Crippen LogP contribution in [0.3, 0.4) is 0 Å². The third-order valence-corrected chi connectivity index (χ3v) is 5.94. The van der Waals surface area contributed by atoms with Crippen molar-refractivity contribution in [3.8, 4) is 11.5 Å². The van der Waals surface area contributed by atoms with Crippen LogP contribution in [0.5, 0.6) is 11.5 Å². The minimum atomic E-state index is -0.0372. The zero-order valence-corrected chi connectivity index (χ0v) is 17.2. The highest BCUT2D eigenvalue weighted by Gasteiger charge is 2.31. The normalized spacial score (nSPS) is 19.8. The maximum Gasteiger partial charge on any atom is 0.266 e. The molecule has 0 radical (unpaired) electrons. The van der Waals surface area contributed by atoms with Crippen molar-refractivity contribution in [1.29, 1.82) is 0 Å². The van der Waals surface area contributed by atoms with E-state index in [2.05, 4.69) is 4.90 Å². The highest BCUT2D eigenvalue weighted by Crippen LogP contribution is 2.35. The van der Waals surface area contributed by atoms with Crippen molar-refractivity contribution in [3.63, 3.8) is 0 Å². The van der Waals surface area contributed by atoms with Gasteiger partial charge in [0.05, 0.1) is 32.3 Å². The minimum absolute atomic E-state index is 0.0372. The van der Waals surface area contributed by atoms with Crippen LogP contribution in [0, 0.1) is 0 Å². The molecule has 6 nitrogen and oxygen atoms in total. The van der Waals surface area contributed by atoms with Crippen LogP contribution < -0.4 is 9.47 Å². The number of carbonyl (C=O) groups is 1. The number of thiocarbonyl (C=S) groups is 1. The minimum Gasteiger partial charge on any atom is -0.497 e. The van der Waals surface area contributed by atoms with Crippen LogP contribution in [0.15, 0.2) is 23.1 Å². The van der Waals surface area contributed by atoms with Crippen molar-refractivity contribution in [2.75, 3.05) is 53.6 Å². The van der Waals surface area contributed by atoms with Gasteiger partial charge >= 0.3 is 0 Å². The Morgan fingerprint density at radius 2 is 2.00 bits per heavy atom. The fraction of sp³-hybridized carbons (Fsp3) is 0.474. The van der Waals surface area contributed by atoms with E-state index in [1.807, 2.05) is 18.2 Å². The number of hydrogen-bond donors (Lipinski definition) is 0. The average molecular weight is 409 g/mol. The molecule has 27 heavy (non-hydrogen) atoms. The van der Waals surface area contributed by atoms with Gasteiger partial charge in [-0.05, 0) is 24.6 Å². The lowest BCUT2D eigenvalue weighted by Gasteiger charge is -2.27. The number of morpholine rings is 1. The van der Waals surface area contributed by atoms with Gasteiger partial charge in [0.2, 0.25) is 0 Å². The molecule has 0 aromatic heterocycles. The molecule has 2 aliphatic heterocycles. The standard InChI is InChI=1S/C19H24N2O4S2/c1-23-15-5-4-14(16(13-15)24-2)12-17-18(22)21(19(26)27-17)7-3-6-20-8-10-25-11-9-20/h4-5,12-13H,3,6-11H2,1-2H3. The molecule has 1 amide bonds. The number of rotatable bonds is 7. The van der Waals surface area contributed by atoms with Crippen molar-refractivity contribution < 1.29 is 19.0 Å². The van der Waals surface area contributed by atoms with Crippen molar-refractivity contribution in [2.45, 2.75) is 6.42 Å². The Balaban J connectivity index is 1.63. The Morgan fingerprint density at radius 1 is 1.22 bits per heavy atom. The number of carbonyl (C=O) groups excluding carboxylic acids is 1. The summed E-state index contributed by atoms with van der Waals surface area (Å²) in [7, 11) is 3.21. The second-order valence-electron chi connectivity index (χ2n) is 6.25. The third-order valence-electron chi connectivity index (χ3n) is 4.56. The monoisotopic (exact) mass is 408 g/mol. The van der Waals surface area contributed by atoms with Crippen LogP contribution in [0.4, 0.5) is 0 Å². The SMILES string of the molecule is COc1ccc(C=C2SC(=S)N(CCCN3CCOCC3)C2=O)c(OC)c1. The average Bonchev–Trinajstić information content (AvgIpc) is 2.96. The molecule has 146 valence electrons. The number of methoxy groups -OCH3 is 2. The molecule has 0 bridgehead atoms. The maximum absolute atomic E-state index is 12.8. The van der Waals surface area contributed by atoms with Gasteiger partial charge in [0.1, 0.15) is 15.8 Å². The molecule has 0 N–H and O–H groups in total. The molecule has 0 unspecified atom stereocenters. The molecule has 2 fully saturated rings. The van der Waals surface area contributed by atoms with Crippen LogP contribution in [-0.2, 0) is 9.53 Å². The van der Waals surface area contributed by atoms with E-state index >= 15 is 0 Å². The summed E-state index contributed by atoms with van der Waals surface area (Å²) in [5.74, 6) is 1.33. The molecule has 0 saturated carbocycles. The summed E-state index contributed by atoms with van der Waals surface area (Å²) in [4.78, 5) is 17.5. The first-order chi connectivity index (χ1) is 13.1. The summed E-state index contributed by atoms with van der Waals surface area (Å²) in [6.45, 7) is 5.07.